The van der Waals surface area contributed by atoms with Crippen LogP contribution in [0.4, 0.5) is 0 Å². The number of phenolic OH excluding ortho intramolecular Hbond substituents is 1. The highest BCUT2D eigenvalue weighted by molar-refractivity contribution is 9.10. The van der Waals surface area contributed by atoms with Crippen molar-refractivity contribution in [2.45, 2.75) is 5.41 Å². The van der Waals surface area contributed by atoms with E-state index in [1.807, 2.05) is 30.3 Å². The van der Waals surface area contributed by atoms with E-state index < -0.39 is 5.41 Å². The van der Waals surface area contributed by atoms with Gasteiger partial charge in [0, 0.05) is 10.0 Å². The van der Waals surface area contributed by atoms with Gasteiger partial charge in [-0.3, -0.25) is 0 Å². The van der Waals surface area contributed by atoms with Crippen molar-refractivity contribution in [1.29, 1.82) is 0 Å². The molecule has 0 fully saturated rings. The van der Waals surface area contributed by atoms with Gasteiger partial charge < -0.3 is 14.9 Å². The Kier molecular flexibility index (Phi) is 3.32. The minimum absolute atomic E-state index is 0.0556. The summed E-state index contributed by atoms with van der Waals surface area (Å²) < 4.78 is 6.91. The van der Waals surface area contributed by atoms with Crippen LogP contribution in [0.25, 0.3) is 10.8 Å². The first-order valence-corrected chi connectivity index (χ1v) is 8.19. The molecule has 0 bridgehead atoms. The first-order valence-electron chi connectivity index (χ1n) is 7.40. The van der Waals surface area contributed by atoms with E-state index >= 15 is 0 Å². The Balaban J connectivity index is 2.02. The molecule has 3 aromatic carbocycles. The van der Waals surface area contributed by atoms with Crippen LogP contribution in [0.3, 0.4) is 0 Å². The van der Waals surface area contributed by atoms with E-state index in [4.69, 9.17) is 4.74 Å². The van der Waals surface area contributed by atoms with Gasteiger partial charge in [-0.1, -0.05) is 40.2 Å². The molecule has 116 valence electrons. The minimum Gasteiger partial charge on any atom is -0.508 e. The van der Waals surface area contributed by atoms with E-state index in [0.29, 0.717) is 6.61 Å². The molecule has 0 spiro atoms. The van der Waals surface area contributed by atoms with Crippen molar-refractivity contribution in [2.24, 2.45) is 0 Å². The Morgan fingerprint density at radius 2 is 1.83 bits per heavy atom. The van der Waals surface area contributed by atoms with Gasteiger partial charge in [0.2, 0.25) is 0 Å². The highest BCUT2D eigenvalue weighted by Crippen LogP contribution is 2.47. The zero-order valence-corrected chi connectivity index (χ0v) is 13.9. The SMILES string of the molecule is OC[C@]1(c2ccc(O)cc2)COc2ccc3cc(Br)ccc3c21. The summed E-state index contributed by atoms with van der Waals surface area (Å²) in [5.41, 5.74) is 1.33. The van der Waals surface area contributed by atoms with E-state index in [9.17, 15) is 10.2 Å². The van der Waals surface area contributed by atoms with Crippen LogP contribution in [-0.4, -0.2) is 23.4 Å². The molecule has 0 amide bonds. The fraction of sp³-hybridized carbons (Fsp3) is 0.158. The number of rotatable bonds is 2. The molecule has 0 saturated heterocycles. The highest BCUT2D eigenvalue weighted by Gasteiger charge is 2.43. The van der Waals surface area contributed by atoms with Gasteiger partial charge in [-0.2, -0.15) is 0 Å². The molecule has 3 nitrogen and oxygen atoms in total. The molecule has 1 atom stereocenters. The van der Waals surface area contributed by atoms with Crippen LogP contribution >= 0.6 is 15.9 Å². The van der Waals surface area contributed by atoms with E-state index in [1.54, 1.807) is 12.1 Å². The van der Waals surface area contributed by atoms with Crippen molar-refractivity contribution >= 4 is 26.7 Å². The number of hydrogen-bond acceptors (Lipinski definition) is 3. The van der Waals surface area contributed by atoms with Crippen LogP contribution in [0, 0.1) is 0 Å². The van der Waals surface area contributed by atoms with Crippen molar-refractivity contribution in [1.82, 2.24) is 0 Å². The first kappa shape index (κ1) is 14.5. The lowest BCUT2D eigenvalue weighted by Crippen LogP contribution is -2.33. The summed E-state index contributed by atoms with van der Waals surface area (Å²) in [5.74, 6) is 1.02. The van der Waals surface area contributed by atoms with E-state index in [0.717, 1.165) is 32.1 Å². The summed E-state index contributed by atoms with van der Waals surface area (Å²) >= 11 is 3.50. The van der Waals surface area contributed by atoms with Crippen LogP contribution in [-0.2, 0) is 5.41 Å². The maximum Gasteiger partial charge on any atom is 0.124 e. The number of aliphatic hydroxyl groups is 1. The zero-order valence-electron chi connectivity index (χ0n) is 12.3. The molecule has 4 heteroatoms. The van der Waals surface area contributed by atoms with Crippen LogP contribution in [0.1, 0.15) is 11.1 Å². The van der Waals surface area contributed by atoms with Crippen LogP contribution in [0.5, 0.6) is 11.5 Å². The quantitative estimate of drug-likeness (QED) is 0.717. The Bertz CT molecular complexity index is 889. The molecule has 0 unspecified atom stereocenters. The second kappa shape index (κ2) is 5.25. The molecule has 0 radical (unpaired) electrons. The molecule has 4 rings (SSSR count). The third-order valence-corrected chi connectivity index (χ3v) is 5.08. The summed E-state index contributed by atoms with van der Waals surface area (Å²) in [5, 5.41) is 22.0. The van der Waals surface area contributed by atoms with Gasteiger partial charge in [-0.25, -0.2) is 0 Å². The summed E-state index contributed by atoms with van der Waals surface area (Å²) in [6.45, 7) is 0.332. The molecule has 0 saturated carbocycles. The normalized spacial score (nSPS) is 19.6. The maximum atomic E-state index is 10.2. The van der Waals surface area contributed by atoms with Gasteiger partial charge in [0.15, 0.2) is 0 Å². The molecule has 0 aliphatic carbocycles. The van der Waals surface area contributed by atoms with Gasteiger partial charge in [0.1, 0.15) is 18.1 Å². The molecule has 23 heavy (non-hydrogen) atoms. The smallest absolute Gasteiger partial charge is 0.124 e. The van der Waals surface area contributed by atoms with Gasteiger partial charge in [0.25, 0.3) is 0 Å². The molecule has 1 aliphatic heterocycles. The number of halogens is 1. The van der Waals surface area contributed by atoms with Gasteiger partial charge in [-0.15, -0.1) is 0 Å². The predicted octanol–water partition coefficient (Wildman–Crippen LogP) is 3.98. The molecule has 3 aromatic rings. The fourth-order valence-electron chi connectivity index (χ4n) is 3.39. The molecule has 1 heterocycles. The van der Waals surface area contributed by atoms with E-state index in [-0.39, 0.29) is 12.4 Å². The Labute approximate surface area is 142 Å². The van der Waals surface area contributed by atoms with E-state index in [1.165, 1.54) is 0 Å². The summed E-state index contributed by atoms with van der Waals surface area (Å²) in [4.78, 5) is 0. The first-order chi connectivity index (χ1) is 11.1. The van der Waals surface area contributed by atoms with Crippen LogP contribution in [0.15, 0.2) is 59.1 Å². The number of aromatic hydroxyl groups is 1. The number of fused-ring (bicyclic) bond motifs is 3. The van der Waals surface area contributed by atoms with Gasteiger partial charge >= 0.3 is 0 Å². The number of aliphatic hydroxyl groups excluding tert-OH is 1. The molecule has 2 N–H and O–H groups in total. The number of benzene rings is 3. The monoisotopic (exact) mass is 370 g/mol. The van der Waals surface area contributed by atoms with Crippen molar-refractivity contribution in [3.8, 4) is 11.5 Å². The summed E-state index contributed by atoms with van der Waals surface area (Å²) in [6.07, 6.45) is 0. The molecular formula is C19H15BrO3. The molecular weight excluding hydrogens is 356 g/mol. The average Bonchev–Trinajstić information content (AvgIpc) is 2.95. The van der Waals surface area contributed by atoms with Crippen molar-refractivity contribution in [3.05, 3.63) is 70.2 Å². The van der Waals surface area contributed by atoms with Crippen molar-refractivity contribution in [3.63, 3.8) is 0 Å². The van der Waals surface area contributed by atoms with Crippen LogP contribution in [0.2, 0.25) is 0 Å². The highest BCUT2D eigenvalue weighted by atomic mass is 79.9. The van der Waals surface area contributed by atoms with Crippen molar-refractivity contribution < 1.29 is 14.9 Å². The third kappa shape index (κ3) is 2.13. The Morgan fingerprint density at radius 3 is 2.57 bits per heavy atom. The van der Waals surface area contributed by atoms with Gasteiger partial charge in [-0.05, 0) is 46.7 Å². The third-order valence-electron chi connectivity index (χ3n) is 4.59. The van der Waals surface area contributed by atoms with Gasteiger partial charge in [0.05, 0.1) is 12.0 Å². The second-order valence-corrected chi connectivity index (χ2v) is 6.80. The number of phenols is 1. The average molecular weight is 371 g/mol. The summed E-state index contributed by atoms with van der Waals surface area (Å²) in [6, 6.07) is 17.1. The maximum absolute atomic E-state index is 10.2. The van der Waals surface area contributed by atoms with Crippen molar-refractivity contribution in [2.75, 3.05) is 13.2 Å². The largest absolute Gasteiger partial charge is 0.508 e. The lowest BCUT2D eigenvalue weighted by molar-refractivity contribution is 0.185. The Morgan fingerprint density at radius 1 is 1.04 bits per heavy atom. The molecule has 1 aliphatic rings. The number of hydrogen-bond donors (Lipinski definition) is 2. The second-order valence-electron chi connectivity index (χ2n) is 5.88. The Hall–Kier alpha value is -2.04. The topological polar surface area (TPSA) is 49.7 Å². The van der Waals surface area contributed by atoms with Crippen LogP contribution < -0.4 is 4.74 Å². The predicted molar refractivity (Wildman–Crippen MR) is 93.1 cm³/mol. The fourth-order valence-corrected chi connectivity index (χ4v) is 3.77. The standard InChI is InChI=1S/C19H15BrO3/c20-14-4-7-16-12(9-14)1-8-17-18(16)19(10-21,11-23-17)13-2-5-15(22)6-3-13/h1-9,21-22H,10-11H2/t19-/m1/s1. The lowest BCUT2D eigenvalue weighted by Gasteiger charge is -2.27. The minimum atomic E-state index is -0.615. The number of ether oxygens (including phenoxy) is 1. The summed E-state index contributed by atoms with van der Waals surface area (Å²) in [7, 11) is 0. The lowest BCUT2D eigenvalue weighted by atomic mass is 9.75. The zero-order chi connectivity index (χ0) is 16.0. The van der Waals surface area contributed by atoms with E-state index in [2.05, 4.69) is 28.1 Å². The molecule has 0 aromatic heterocycles.